The lowest BCUT2D eigenvalue weighted by Gasteiger charge is -2.15. The van der Waals surface area contributed by atoms with Gasteiger partial charge in [-0.1, -0.05) is 105 Å². The molecule has 0 aromatic heterocycles. The molecule has 0 aliphatic heterocycles. The number of hydrogen-bond donors (Lipinski definition) is 0. The van der Waals surface area contributed by atoms with Crippen LogP contribution in [0.3, 0.4) is 0 Å². The third-order valence-electron chi connectivity index (χ3n) is 5.39. The van der Waals surface area contributed by atoms with E-state index in [9.17, 15) is 9.59 Å². The van der Waals surface area contributed by atoms with Crippen molar-refractivity contribution in [3.8, 4) is 0 Å². The van der Waals surface area contributed by atoms with Gasteiger partial charge in [0.15, 0.2) is 11.6 Å². The highest BCUT2D eigenvalue weighted by Gasteiger charge is 2.23. The van der Waals surface area contributed by atoms with Crippen LogP contribution >= 0.6 is 8.58 Å². The highest BCUT2D eigenvalue weighted by molar-refractivity contribution is 7.53. The molecule has 3 heteroatoms. The van der Waals surface area contributed by atoms with Crippen molar-refractivity contribution in [1.29, 1.82) is 0 Å². The Labute approximate surface area is 185 Å². The Bertz CT molecular complexity index is 1180. The molecule has 4 rings (SSSR count). The van der Waals surface area contributed by atoms with Crippen LogP contribution in [0.25, 0.3) is 0 Å². The van der Waals surface area contributed by atoms with Crippen molar-refractivity contribution in [2.75, 3.05) is 0 Å². The molecule has 3 aromatic rings. The van der Waals surface area contributed by atoms with Crippen molar-refractivity contribution in [2.45, 2.75) is 26.7 Å². The molecular weight excluding hydrogens is 399 g/mol. The summed E-state index contributed by atoms with van der Waals surface area (Å²) < 4.78 is 0. The monoisotopic (exact) mass is 424 g/mol. The molecule has 1 atom stereocenters. The van der Waals surface area contributed by atoms with Crippen molar-refractivity contribution < 1.29 is 9.59 Å². The molecule has 0 N–H and O–H groups in total. The Morgan fingerprint density at radius 2 is 1.55 bits per heavy atom. The van der Waals surface area contributed by atoms with Gasteiger partial charge in [0.1, 0.15) is 0 Å². The first-order valence-corrected chi connectivity index (χ1v) is 11.5. The quantitative estimate of drug-likeness (QED) is 0.367. The molecule has 1 unspecified atom stereocenters. The van der Waals surface area contributed by atoms with Gasteiger partial charge in [-0.25, -0.2) is 0 Å². The van der Waals surface area contributed by atoms with Gasteiger partial charge in [-0.15, -0.1) is 0 Å². The summed E-state index contributed by atoms with van der Waals surface area (Å²) in [7, 11) is 0.316. The van der Waals surface area contributed by atoms with Crippen molar-refractivity contribution >= 4 is 25.5 Å². The third-order valence-corrected chi connectivity index (χ3v) is 6.72. The van der Waals surface area contributed by atoms with Gasteiger partial charge in [0.25, 0.3) is 0 Å². The van der Waals surface area contributed by atoms with Gasteiger partial charge in [-0.3, -0.25) is 9.59 Å². The number of allylic oxidation sites excluding steroid dienone is 4. The minimum absolute atomic E-state index is 0.0415. The van der Waals surface area contributed by atoms with Crippen LogP contribution < -0.4 is 5.30 Å². The number of carbonyl (C=O) groups is 2. The number of carbonyl (C=O) groups excluding carboxylic acids is 2. The van der Waals surface area contributed by atoms with E-state index in [4.69, 9.17) is 0 Å². The van der Waals surface area contributed by atoms with E-state index in [2.05, 4.69) is 32.0 Å². The van der Waals surface area contributed by atoms with E-state index in [0.717, 1.165) is 16.2 Å². The second-order valence-corrected chi connectivity index (χ2v) is 9.39. The first-order chi connectivity index (χ1) is 15.0. The average molecular weight is 424 g/mol. The van der Waals surface area contributed by atoms with E-state index in [1.165, 1.54) is 16.7 Å². The zero-order chi connectivity index (χ0) is 21.8. The fourth-order valence-electron chi connectivity index (χ4n) is 4.01. The summed E-state index contributed by atoms with van der Waals surface area (Å²) in [5.41, 5.74) is 5.87. The van der Waals surface area contributed by atoms with Gasteiger partial charge in [0.2, 0.25) is 0 Å². The summed E-state index contributed by atoms with van der Waals surface area (Å²) in [5, 5.41) is 1.91. The SMILES string of the molecule is Cc1cc(C)cc(Cc2ccccc2C(=O)C2=CC=C(Pc3ccccc3)C(=O)C2)c1. The number of ketones is 2. The lowest BCUT2D eigenvalue weighted by atomic mass is 9.90. The number of hydrogen-bond acceptors (Lipinski definition) is 2. The lowest BCUT2D eigenvalue weighted by Crippen LogP contribution is -2.15. The number of aryl methyl sites for hydroxylation is 2. The maximum Gasteiger partial charge on any atom is 0.189 e. The zero-order valence-corrected chi connectivity index (χ0v) is 18.8. The molecule has 3 aromatic carbocycles. The predicted molar refractivity (Wildman–Crippen MR) is 130 cm³/mol. The largest absolute Gasteiger partial charge is 0.294 e. The molecular formula is C28H25O2P. The molecule has 0 heterocycles. The number of Topliss-reactive ketones (excluding diaryl/α,β-unsaturated/α-hetero) is 2. The molecule has 0 radical (unpaired) electrons. The van der Waals surface area contributed by atoms with E-state index in [0.29, 0.717) is 26.1 Å². The Kier molecular flexibility index (Phi) is 6.39. The summed E-state index contributed by atoms with van der Waals surface area (Å²) in [6, 6.07) is 24.2. The normalized spacial score (nSPS) is 13.9. The Morgan fingerprint density at radius 3 is 2.26 bits per heavy atom. The molecule has 0 saturated heterocycles. The van der Waals surface area contributed by atoms with Crippen LogP contribution in [-0.4, -0.2) is 11.6 Å². The van der Waals surface area contributed by atoms with E-state index in [1.54, 1.807) is 0 Å². The molecule has 2 nitrogen and oxygen atoms in total. The van der Waals surface area contributed by atoms with Crippen molar-refractivity contribution in [2.24, 2.45) is 0 Å². The van der Waals surface area contributed by atoms with E-state index < -0.39 is 0 Å². The summed E-state index contributed by atoms with van der Waals surface area (Å²) in [4.78, 5) is 26.0. The number of benzene rings is 3. The minimum Gasteiger partial charge on any atom is -0.294 e. The third kappa shape index (κ3) is 5.16. The second-order valence-electron chi connectivity index (χ2n) is 8.02. The first-order valence-electron chi connectivity index (χ1n) is 10.5. The molecule has 154 valence electrons. The zero-order valence-electron chi connectivity index (χ0n) is 17.8. The van der Waals surface area contributed by atoms with Gasteiger partial charge in [0.05, 0.1) is 0 Å². The molecule has 0 amide bonds. The summed E-state index contributed by atoms with van der Waals surface area (Å²) >= 11 is 0. The molecule has 0 bridgehead atoms. The van der Waals surface area contributed by atoms with Gasteiger partial charge < -0.3 is 0 Å². The van der Waals surface area contributed by atoms with Gasteiger partial charge in [-0.2, -0.15) is 0 Å². The van der Waals surface area contributed by atoms with Gasteiger partial charge in [0, 0.05) is 22.9 Å². The highest BCUT2D eigenvalue weighted by Crippen LogP contribution is 2.31. The lowest BCUT2D eigenvalue weighted by molar-refractivity contribution is -0.114. The maximum atomic E-state index is 13.3. The molecule has 0 fully saturated rings. The van der Waals surface area contributed by atoms with Crippen LogP contribution in [0.2, 0.25) is 0 Å². The summed E-state index contributed by atoms with van der Waals surface area (Å²) in [6.07, 6.45) is 4.53. The summed E-state index contributed by atoms with van der Waals surface area (Å²) in [5.74, 6) is -0.00787. The second kappa shape index (κ2) is 9.37. The van der Waals surface area contributed by atoms with Gasteiger partial charge >= 0.3 is 0 Å². The van der Waals surface area contributed by atoms with E-state index >= 15 is 0 Å². The van der Waals surface area contributed by atoms with Gasteiger partial charge in [-0.05, 0) is 36.7 Å². The minimum atomic E-state index is -0.0494. The fourth-order valence-corrected chi connectivity index (χ4v) is 5.07. The Hall–Kier alpha value is -3.09. The topological polar surface area (TPSA) is 34.1 Å². The maximum absolute atomic E-state index is 13.3. The van der Waals surface area contributed by atoms with Crippen molar-refractivity contribution in [3.63, 3.8) is 0 Å². The predicted octanol–water partition coefficient (Wildman–Crippen LogP) is 5.86. The van der Waals surface area contributed by atoms with Crippen molar-refractivity contribution in [3.05, 3.63) is 124 Å². The standard InChI is InChI=1S/C28H25O2P/c1-19-14-20(2)16-21(15-19)17-22-8-6-7-11-25(22)28(30)23-12-13-27(26(29)18-23)31-24-9-4-3-5-10-24/h3-16,31H,17-18H2,1-2H3. The van der Waals surface area contributed by atoms with Crippen LogP contribution in [0, 0.1) is 13.8 Å². The van der Waals surface area contributed by atoms with E-state index in [-0.39, 0.29) is 18.0 Å². The average Bonchev–Trinajstić information content (AvgIpc) is 2.75. The van der Waals surface area contributed by atoms with Crippen LogP contribution in [0.4, 0.5) is 0 Å². The summed E-state index contributed by atoms with van der Waals surface area (Å²) in [6.45, 7) is 4.18. The molecule has 0 saturated carbocycles. The molecule has 31 heavy (non-hydrogen) atoms. The smallest absolute Gasteiger partial charge is 0.189 e. The Balaban J connectivity index is 1.58. The molecule has 0 spiro atoms. The van der Waals surface area contributed by atoms with Crippen LogP contribution in [0.15, 0.2) is 95.8 Å². The number of rotatable bonds is 6. The van der Waals surface area contributed by atoms with Crippen LogP contribution in [-0.2, 0) is 11.2 Å². The van der Waals surface area contributed by atoms with Crippen LogP contribution in [0.5, 0.6) is 0 Å². The Morgan fingerprint density at radius 1 is 0.871 bits per heavy atom. The molecule has 1 aliphatic rings. The fraction of sp³-hybridized carbons (Fsp3) is 0.143. The highest BCUT2D eigenvalue weighted by atomic mass is 31.1. The van der Waals surface area contributed by atoms with E-state index in [1.807, 2.05) is 66.7 Å². The van der Waals surface area contributed by atoms with Crippen molar-refractivity contribution in [1.82, 2.24) is 0 Å². The molecule has 1 aliphatic carbocycles. The van der Waals surface area contributed by atoms with Crippen LogP contribution in [0.1, 0.15) is 39.0 Å². The first kappa shape index (κ1) is 21.2.